The number of aliphatic imine (C=N–C) groups is 2. The molecular weight excluding hydrogens is 114 g/mol. The van der Waals surface area contributed by atoms with E-state index in [-0.39, 0.29) is 0 Å². The van der Waals surface area contributed by atoms with E-state index in [9.17, 15) is 0 Å². The molecule has 0 aliphatic carbocycles. The molecule has 9 heavy (non-hydrogen) atoms. The summed E-state index contributed by atoms with van der Waals surface area (Å²) in [6.07, 6.45) is 1.70. The van der Waals surface area contributed by atoms with E-state index in [4.69, 9.17) is 0 Å². The first kappa shape index (κ1) is 6.26. The Morgan fingerprint density at radius 3 is 2.78 bits per heavy atom. The van der Waals surface area contributed by atoms with E-state index in [1.807, 2.05) is 0 Å². The van der Waals surface area contributed by atoms with E-state index in [1.54, 1.807) is 6.34 Å². The minimum atomic E-state index is 0.483. The van der Waals surface area contributed by atoms with E-state index in [1.165, 1.54) is 0 Å². The van der Waals surface area contributed by atoms with Crippen LogP contribution in [0.15, 0.2) is 9.98 Å². The zero-order chi connectivity index (χ0) is 6.69. The molecular formula is C6H11N3. The fraction of sp³-hybridized carbons (Fsp3) is 0.667. The van der Waals surface area contributed by atoms with Crippen molar-refractivity contribution in [1.82, 2.24) is 5.32 Å². The van der Waals surface area contributed by atoms with E-state index < -0.39 is 0 Å². The second kappa shape index (κ2) is 2.62. The zero-order valence-electron chi connectivity index (χ0n) is 5.76. The van der Waals surface area contributed by atoms with Crippen molar-refractivity contribution in [3.05, 3.63) is 0 Å². The van der Waals surface area contributed by atoms with E-state index in [0.29, 0.717) is 12.6 Å². The van der Waals surface area contributed by atoms with Gasteiger partial charge in [0.15, 0.2) is 0 Å². The molecule has 0 unspecified atom stereocenters. The third-order valence-corrected chi connectivity index (χ3v) is 1.17. The van der Waals surface area contributed by atoms with Gasteiger partial charge in [-0.15, -0.1) is 0 Å². The van der Waals surface area contributed by atoms with Crippen LogP contribution in [-0.4, -0.2) is 18.8 Å². The lowest BCUT2D eigenvalue weighted by molar-refractivity contribution is 0.830. The summed E-state index contributed by atoms with van der Waals surface area (Å²) in [4.78, 5) is 8.02. The first-order valence-corrected chi connectivity index (χ1v) is 3.10. The van der Waals surface area contributed by atoms with Crippen molar-refractivity contribution in [2.45, 2.75) is 13.8 Å². The molecule has 1 heterocycles. The maximum atomic E-state index is 4.14. The zero-order valence-corrected chi connectivity index (χ0v) is 5.76. The van der Waals surface area contributed by atoms with Gasteiger partial charge in [-0.2, -0.15) is 0 Å². The average Bonchev–Trinajstić information content (AvgIpc) is 1.90. The molecule has 0 saturated carbocycles. The van der Waals surface area contributed by atoms with Gasteiger partial charge in [0, 0.05) is 5.92 Å². The van der Waals surface area contributed by atoms with Crippen LogP contribution in [0, 0.1) is 5.92 Å². The molecule has 0 aromatic rings. The van der Waals surface area contributed by atoms with Gasteiger partial charge < -0.3 is 5.32 Å². The maximum Gasteiger partial charge on any atom is 0.133 e. The Morgan fingerprint density at radius 2 is 2.44 bits per heavy atom. The number of rotatable bonds is 1. The monoisotopic (exact) mass is 125 g/mol. The Kier molecular flexibility index (Phi) is 1.82. The van der Waals surface area contributed by atoms with Crippen LogP contribution in [0.5, 0.6) is 0 Å². The summed E-state index contributed by atoms with van der Waals surface area (Å²) in [5.74, 6) is 1.52. The highest BCUT2D eigenvalue weighted by atomic mass is 15.1. The van der Waals surface area contributed by atoms with Gasteiger partial charge >= 0.3 is 0 Å². The first-order chi connectivity index (χ1) is 4.30. The van der Waals surface area contributed by atoms with Crippen molar-refractivity contribution in [1.29, 1.82) is 0 Å². The van der Waals surface area contributed by atoms with Crippen LogP contribution in [0.4, 0.5) is 0 Å². The van der Waals surface area contributed by atoms with Crippen LogP contribution in [0.3, 0.4) is 0 Å². The summed E-state index contributed by atoms with van der Waals surface area (Å²) in [6, 6.07) is 0. The highest BCUT2D eigenvalue weighted by molar-refractivity contribution is 5.94. The van der Waals surface area contributed by atoms with Gasteiger partial charge in [0.25, 0.3) is 0 Å². The second-order valence-corrected chi connectivity index (χ2v) is 2.30. The number of amidine groups is 1. The molecule has 3 nitrogen and oxygen atoms in total. The Hall–Kier alpha value is -0.860. The molecule has 0 amide bonds. The molecule has 0 aromatic heterocycles. The lowest BCUT2D eigenvalue weighted by atomic mass is 10.2. The molecule has 0 radical (unpaired) electrons. The predicted molar refractivity (Wildman–Crippen MR) is 38.8 cm³/mol. The van der Waals surface area contributed by atoms with Gasteiger partial charge in [0.05, 0.1) is 6.34 Å². The van der Waals surface area contributed by atoms with Crippen molar-refractivity contribution >= 4 is 12.2 Å². The number of nitrogens with one attached hydrogen (secondary N) is 1. The van der Waals surface area contributed by atoms with Crippen molar-refractivity contribution in [2.24, 2.45) is 15.9 Å². The molecule has 0 aromatic carbocycles. The van der Waals surface area contributed by atoms with E-state index in [0.717, 1.165) is 5.84 Å². The lowest BCUT2D eigenvalue weighted by Crippen LogP contribution is -2.29. The largest absolute Gasteiger partial charge is 0.335 e. The normalized spacial score (nSPS) is 17.4. The van der Waals surface area contributed by atoms with Crippen LogP contribution < -0.4 is 5.32 Å². The summed E-state index contributed by atoms with van der Waals surface area (Å²) in [6.45, 7) is 4.79. The molecule has 3 heteroatoms. The van der Waals surface area contributed by atoms with Crippen molar-refractivity contribution in [3.8, 4) is 0 Å². The third kappa shape index (κ3) is 1.52. The quantitative estimate of drug-likeness (QED) is 0.548. The smallest absolute Gasteiger partial charge is 0.133 e. The maximum absolute atomic E-state index is 4.14. The molecule has 1 rings (SSSR count). The highest BCUT2D eigenvalue weighted by Crippen LogP contribution is 1.95. The Balaban J connectivity index is 2.50. The molecule has 50 valence electrons. The predicted octanol–water partition coefficient (Wildman–Crippen LogP) is 0.630. The minimum Gasteiger partial charge on any atom is -0.335 e. The number of hydrogen-bond donors (Lipinski definition) is 1. The Labute approximate surface area is 54.9 Å². The fourth-order valence-corrected chi connectivity index (χ4v) is 0.664. The SMILES string of the molecule is CC(C)C1=NCN=CN1. The standard InChI is InChI=1S/C6H11N3/c1-5(2)6-8-3-7-4-9-6/h3,5H,4H2,1-2H3,(H,7,8,9). The summed E-state index contributed by atoms with van der Waals surface area (Å²) in [7, 11) is 0. The van der Waals surface area contributed by atoms with Crippen LogP contribution in [0.2, 0.25) is 0 Å². The lowest BCUT2D eigenvalue weighted by Gasteiger charge is -2.11. The molecule has 0 atom stereocenters. The highest BCUT2D eigenvalue weighted by Gasteiger charge is 2.03. The molecule has 1 N–H and O–H groups in total. The van der Waals surface area contributed by atoms with Crippen LogP contribution in [0.25, 0.3) is 0 Å². The Morgan fingerprint density at radius 1 is 1.67 bits per heavy atom. The average molecular weight is 125 g/mol. The fourth-order valence-electron chi connectivity index (χ4n) is 0.664. The van der Waals surface area contributed by atoms with E-state index in [2.05, 4.69) is 29.1 Å². The van der Waals surface area contributed by atoms with Crippen molar-refractivity contribution in [3.63, 3.8) is 0 Å². The summed E-state index contributed by atoms with van der Waals surface area (Å²) < 4.78 is 0. The summed E-state index contributed by atoms with van der Waals surface area (Å²) in [5, 5.41) is 2.98. The van der Waals surface area contributed by atoms with Gasteiger partial charge in [-0.25, -0.2) is 4.99 Å². The van der Waals surface area contributed by atoms with Crippen LogP contribution in [0.1, 0.15) is 13.8 Å². The molecule has 0 spiro atoms. The van der Waals surface area contributed by atoms with E-state index >= 15 is 0 Å². The molecule has 0 fully saturated rings. The molecule has 0 saturated heterocycles. The third-order valence-electron chi connectivity index (χ3n) is 1.17. The summed E-state index contributed by atoms with van der Waals surface area (Å²) >= 11 is 0. The first-order valence-electron chi connectivity index (χ1n) is 3.10. The number of nitrogens with zero attached hydrogens (tertiary/aromatic N) is 2. The van der Waals surface area contributed by atoms with Crippen molar-refractivity contribution < 1.29 is 0 Å². The van der Waals surface area contributed by atoms with Gasteiger partial charge in [0.1, 0.15) is 12.5 Å². The van der Waals surface area contributed by atoms with Crippen LogP contribution in [-0.2, 0) is 0 Å². The Bertz CT molecular complexity index is 146. The van der Waals surface area contributed by atoms with Gasteiger partial charge in [-0.05, 0) is 0 Å². The second-order valence-electron chi connectivity index (χ2n) is 2.30. The van der Waals surface area contributed by atoms with Crippen LogP contribution >= 0.6 is 0 Å². The van der Waals surface area contributed by atoms with Crippen molar-refractivity contribution in [2.75, 3.05) is 6.67 Å². The molecule has 1 aliphatic heterocycles. The molecule has 1 aliphatic rings. The minimum absolute atomic E-state index is 0.483. The van der Waals surface area contributed by atoms with Gasteiger partial charge in [-0.1, -0.05) is 13.8 Å². The van der Waals surface area contributed by atoms with Gasteiger partial charge in [0.2, 0.25) is 0 Å². The molecule has 0 bridgehead atoms. The van der Waals surface area contributed by atoms with Gasteiger partial charge in [-0.3, -0.25) is 4.99 Å². The topological polar surface area (TPSA) is 36.8 Å². The number of hydrogen-bond acceptors (Lipinski definition) is 3. The summed E-state index contributed by atoms with van der Waals surface area (Å²) in [5.41, 5.74) is 0.